The van der Waals surface area contributed by atoms with Crippen LogP contribution >= 0.6 is 0 Å². The molecule has 1 aromatic rings. The van der Waals surface area contributed by atoms with Gasteiger partial charge in [-0.25, -0.2) is 0 Å². The normalized spacial score (nSPS) is 15.2. The van der Waals surface area contributed by atoms with Crippen LogP contribution in [0.25, 0.3) is 0 Å². The quantitative estimate of drug-likeness (QED) is 0.833. The highest BCUT2D eigenvalue weighted by atomic mass is 16.2. The molecule has 0 atom stereocenters. The van der Waals surface area contributed by atoms with E-state index in [2.05, 4.69) is 47.9 Å². The molecule has 4 heteroatoms. The second-order valence-electron chi connectivity index (χ2n) is 5.41. The van der Waals surface area contributed by atoms with Crippen LogP contribution in [0.15, 0.2) is 24.3 Å². The van der Waals surface area contributed by atoms with Gasteiger partial charge in [0, 0.05) is 57.1 Å². The molecule has 1 saturated heterocycles. The number of rotatable bonds is 5. The number of anilines is 2. The SMILES string of the molecule is CCC(=O)N1CCN(c2ccc(N(CC)CC)cc2)CC1. The minimum atomic E-state index is 0.270. The van der Waals surface area contributed by atoms with E-state index in [4.69, 9.17) is 0 Å². The van der Waals surface area contributed by atoms with Crippen LogP contribution in [-0.2, 0) is 4.79 Å². The topological polar surface area (TPSA) is 26.8 Å². The first-order chi connectivity index (χ1) is 10.2. The fourth-order valence-corrected chi connectivity index (χ4v) is 2.90. The van der Waals surface area contributed by atoms with Crippen LogP contribution in [0.3, 0.4) is 0 Å². The van der Waals surface area contributed by atoms with E-state index in [0.29, 0.717) is 6.42 Å². The van der Waals surface area contributed by atoms with Crippen molar-refractivity contribution in [1.29, 1.82) is 0 Å². The average molecular weight is 289 g/mol. The largest absolute Gasteiger partial charge is 0.372 e. The summed E-state index contributed by atoms with van der Waals surface area (Å²) in [4.78, 5) is 18.4. The van der Waals surface area contributed by atoms with Gasteiger partial charge >= 0.3 is 0 Å². The number of amides is 1. The number of benzene rings is 1. The molecule has 1 aromatic carbocycles. The molecule has 1 aliphatic heterocycles. The van der Waals surface area contributed by atoms with Crippen molar-refractivity contribution in [3.05, 3.63) is 24.3 Å². The van der Waals surface area contributed by atoms with Crippen LogP contribution in [0.2, 0.25) is 0 Å². The number of hydrogen-bond donors (Lipinski definition) is 0. The third-order valence-electron chi connectivity index (χ3n) is 4.28. The lowest BCUT2D eigenvalue weighted by atomic mass is 10.2. The van der Waals surface area contributed by atoms with Crippen molar-refractivity contribution in [2.24, 2.45) is 0 Å². The molecule has 0 radical (unpaired) electrons. The summed E-state index contributed by atoms with van der Waals surface area (Å²) in [7, 11) is 0. The van der Waals surface area contributed by atoms with E-state index in [1.165, 1.54) is 11.4 Å². The van der Waals surface area contributed by atoms with Crippen molar-refractivity contribution in [2.45, 2.75) is 27.2 Å². The van der Waals surface area contributed by atoms with Crippen molar-refractivity contribution in [3.8, 4) is 0 Å². The van der Waals surface area contributed by atoms with E-state index in [1.807, 2.05) is 11.8 Å². The van der Waals surface area contributed by atoms with E-state index in [0.717, 1.165) is 39.3 Å². The van der Waals surface area contributed by atoms with Crippen LogP contribution in [0, 0.1) is 0 Å². The molecule has 0 N–H and O–H groups in total. The first-order valence-electron chi connectivity index (χ1n) is 8.07. The standard InChI is InChI=1S/C17H27N3O/c1-4-17(21)20-13-11-19(12-14-20)16-9-7-15(8-10-16)18(5-2)6-3/h7-10H,4-6,11-14H2,1-3H3. The van der Waals surface area contributed by atoms with E-state index in [9.17, 15) is 4.79 Å². The Morgan fingerprint density at radius 1 is 1.00 bits per heavy atom. The molecular weight excluding hydrogens is 262 g/mol. The lowest BCUT2D eigenvalue weighted by Crippen LogP contribution is -2.48. The van der Waals surface area contributed by atoms with Gasteiger partial charge in [-0.05, 0) is 38.1 Å². The minimum absolute atomic E-state index is 0.270. The maximum atomic E-state index is 11.7. The van der Waals surface area contributed by atoms with Crippen molar-refractivity contribution in [3.63, 3.8) is 0 Å². The number of carbonyl (C=O) groups is 1. The Bertz CT molecular complexity index is 446. The van der Waals surface area contributed by atoms with Gasteiger partial charge < -0.3 is 14.7 Å². The van der Waals surface area contributed by atoms with E-state index < -0.39 is 0 Å². The zero-order valence-electron chi connectivity index (χ0n) is 13.5. The summed E-state index contributed by atoms with van der Waals surface area (Å²) in [5, 5.41) is 0. The van der Waals surface area contributed by atoms with Crippen LogP contribution in [-0.4, -0.2) is 50.1 Å². The maximum Gasteiger partial charge on any atom is 0.222 e. The molecule has 4 nitrogen and oxygen atoms in total. The minimum Gasteiger partial charge on any atom is -0.372 e. The maximum absolute atomic E-state index is 11.7. The predicted molar refractivity (Wildman–Crippen MR) is 89.1 cm³/mol. The van der Waals surface area contributed by atoms with Crippen LogP contribution in [0.1, 0.15) is 27.2 Å². The number of hydrogen-bond acceptors (Lipinski definition) is 3. The molecule has 116 valence electrons. The number of nitrogens with zero attached hydrogens (tertiary/aromatic N) is 3. The Labute approximate surface area is 128 Å². The second-order valence-corrected chi connectivity index (χ2v) is 5.41. The summed E-state index contributed by atoms with van der Waals surface area (Å²) in [5.41, 5.74) is 2.54. The monoisotopic (exact) mass is 289 g/mol. The lowest BCUT2D eigenvalue weighted by Gasteiger charge is -2.36. The highest BCUT2D eigenvalue weighted by Crippen LogP contribution is 2.22. The van der Waals surface area contributed by atoms with Crippen molar-refractivity contribution < 1.29 is 4.79 Å². The van der Waals surface area contributed by atoms with E-state index in [1.54, 1.807) is 0 Å². The predicted octanol–water partition coefficient (Wildman–Crippen LogP) is 2.59. The van der Waals surface area contributed by atoms with Gasteiger partial charge in [0.15, 0.2) is 0 Å². The van der Waals surface area contributed by atoms with Gasteiger partial charge in [-0.15, -0.1) is 0 Å². The van der Waals surface area contributed by atoms with E-state index in [-0.39, 0.29) is 5.91 Å². The molecular formula is C17H27N3O. The number of carbonyl (C=O) groups excluding carboxylic acids is 1. The smallest absolute Gasteiger partial charge is 0.222 e. The van der Waals surface area contributed by atoms with E-state index >= 15 is 0 Å². The van der Waals surface area contributed by atoms with Crippen LogP contribution in [0.4, 0.5) is 11.4 Å². The average Bonchev–Trinajstić information content (AvgIpc) is 2.56. The molecule has 0 aliphatic carbocycles. The third-order valence-corrected chi connectivity index (χ3v) is 4.28. The molecule has 1 aliphatic rings. The second kappa shape index (κ2) is 7.34. The van der Waals surface area contributed by atoms with Crippen molar-refractivity contribution in [2.75, 3.05) is 49.1 Å². The van der Waals surface area contributed by atoms with Gasteiger partial charge in [0.05, 0.1) is 0 Å². The molecule has 0 unspecified atom stereocenters. The number of piperazine rings is 1. The summed E-state index contributed by atoms with van der Waals surface area (Å²) < 4.78 is 0. The molecule has 0 bridgehead atoms. The molecule has 1 amide bonds. The molecule has 0 spiro atoms. The fraction of sp³-hybridized carbons (Fsp3) is 0.588. The van der Waals surface area contributed by atoms with Gasteiger partial charge in [-0.3, -0.25) is 4.79 Å². The molecule has 1 fully saturated rings. The first-order valence-corrected chi connectivity index (χ1v) is 8.07. The lowest BCUT2D eigenvalue weighted by molar-refractivity contribution is -0.131. The molecule has 0 saturated carbocycles. The zero-order chi connectivity index (χ0) is 15.2. The summed E-state index contributed by atoms with van der Waals surface area (Å²) in [6, 6.07) is 8.80. The van der Waals surface area contributed by atoms with Gasteiger partial charge in [0.1, 0.15) is 0 Å². The molecule has 2 rings (SSSR count). The highest BCUT2D eigenvalue weighted by molar-refractivity contribution is 5.76. The summed E-state index contributed by atoms with van der Waals surface area (Å²) in [6.45, 7) is 11.9. The summed E-state index contributed by atoms with van der Waals surface area (Å²) in [5.74, 6) is 0.270. The Balaban J connectivity index is 1.96. The van der Waals surface area contributed by atoms with Gasteiger partial charge in [-0.2, -0.15) is 0 Å². The van der Waals surface area contributed by atoms with Gasteiger partial charge in [-0.1, -0.05) is 6.92 Å². The Morgan fingerprint density at radius 3 is 2.05 bits per heavy atom. The van der Waals surface area contributed by atoms with Crippen LogP contribution < -0.4 is 9.80 Å². The Morgan fingerprint density at radius 2 is 1.57 bits per heavy atom. The third kappa shape index (κ3) is 3.69. The first kappa shape index (κ1) is 15.7. The van der Waals surface area contributed by atoms with Gasteiger partial charge in [0.2, 0.25) is 5.91 Å². The molecule has 21 heavy (non-hydrogen) atoms. The molecule has 0 aromatic heterocycles. The van der Waals surface area contributed by atoms with Crippen molar-refractivity contribution in [1.82, 2.24) is 4.90 Å². The molecule has 1 heterocycles. The fourth-order valence-electron chi connectivity index (χ4n) is 2.90. The highest BCUT2D eigenvalue weighted by Gasteiger charge is 2.20. The van der Waals surface area contributed by atoms with Crippen LogP contribution in [0.5, 0.6) is 0 Å². The van der Waals surface area contributed by atoms with Crippen molar-refractivity contribution >= 4 is 17.3 Å². The zero-order valence-corrected chi connectivity index (χ0v) is 13.5. The summed E-state index contributed by atoms with van der Waals surface area (Å²) >= 11 is 0. The Hall–Kier alpha value is -1.71. The summed E-state index contributed by atoms with van der Waals surface area (Å²) in [6.07, 6.45) is 0.610. The van der Waals surface area contributed by atoms with Gasteiger partial charge in [0.25, 0.3) is 0 Å². The Kier molecular flexibility index (Phi) is 5.48.